The number of carbonyl (C=O) groups excluding carboxylic acids is 1. The van der Waals surface area contributed by atoms with E-state index >= 15 is 0 Å². The predicted octanol–water partition coefficient (Wildman–Crippen LogP) is 5.04. The lowest BCUT2D eigenvalue weighted by molar-refractivity contribution is -0.122. The molecular formula is C19H22ClNO2. The van der Waals surface area contributed by atoms with Crippen LogP contribution in [0.15, 0.2) is 48.5 Å². The van der Waals surface area contributed by atoms with Gasteiger partial charge in [-0.2, -0.15) is 0 Å². The molecule has 0 spiro atoms. The third-order valence-corrected chi connectivity index (χ3v) is 3.77. The Morgan fingerprint density at radius 2 is 1.61 bits per heavy atom. The quantitative estimate of drug-likeness (QED) is 0.852. The number of carbonyl (C=O) groups is 1. The Morgan fingerprint density at radius 3 is 2.13 bits per heavy atom. The van der Waals surface area contributed by atoms with E-state index in [0.29, 0.717) is 16.5 Å². The molecule has 0 saturated heterocycles. The lowest BCUT2D eigenvalue weighted by Gasteiger charge is -2.20. The van der Waals surface area contributed by atoms with Crippen molar-refractivity contribution >= 4 is 23.2 Å². The van der Waals surface area contributed by atoms with Crippen LogP contribution >= 0.6 is 11.6 Å². The van der Waals surface area contributed by atoms with Crippen molar-refractivity contribution < 1.29 is 9.53 Å². The van der Waals surface area contributed by atoms with Gasteiger partial charge in [0.05, 0.1) is 0 Å². The van der Waals surface area contributed by atoms with Crippen LogP contribution in [0.25, 0.3) is 0 Å². The zero-order valence-electron chi connectivity index (χ0n) is 13.9. The summed E-state index contributed by atoms with van der Waals surface area (Å²) < 4.78 is 5.70. The summed E-state index contributed by atoms with van der Waals surface area (Å²) in [5.41, 5.74) is 2.01. The van der Waals surface area contributed by atoms with Crippen molar-refractivity contribution in [2.75, 3.05) is 5.32 Å². The molecule has 0 heterocycles. The number of halogens is 1. The fraction of sp³-hybridized carbons (Fsp3) is 0.316. The van der Waals surface area contributed by atoms with Gasteiger partial charge in [0.1, 0.15) is 5.75 Å². The van der Waals surface area contributed by atoms with Gasteiger partial charge in [0, 0.05) is 10.7 Å². The summed E-state index contributed by atoms with van der Waals surface area (Å²) >= 11 is 5.83. The van der Waals surface area contributed by atoms with E-state index in [1.807, 2.05) is 24.3 Å². The highest BCUT2D eigenvalue weighted by Crippen LogP contribution is 2.24. The standard InChI is InChI=1S/C19H22ClNO2/c1-13(18(22)21-16-9-7-15(20)8-10-16)23-17-11-5-14(6-12-17)19(2,3)4/h5-13H,1-4H3,(H,21,22)/t13-/m1/s1. The van der Waals surface area contributed by atoms with E-state index in [1.165, 1.54) is 5.56 Å². The van der Waals surface area contributed by atoms with Crippen LogP contribution in [0.3, 0.4) is 0 Å². The number of ether oxygens (including phenoxy) is 1. The fourth-order valence-corrected chi connectivity index (χ4v) is 2.19. The van der Waals surface area contributed by atoms with Gasteiger partial charge < -0.3 is 10.1 Å². The Morgan fingerprint density at radius 1 is 1.04 bits per heavy atom. The molecule has 1 amide bonds. The minimum atomic E-state index is -0.592. The first kappa shape index (κ1) is 17.4. The molecule has 0 bridgehead atoms. The Hall–Kier alpha value is -2.00. The van der Waals surface area contributed by atoms with Crippen molar-refractivity contribution in [2.24, 2.45) is 0 Å². The fourth-order valence-electron chi connectivity index (χ4n) is 2.07. The molecule has 2 aromatic rings. The first-order valence-electron chi connectivity index (χ1n) is 7.59. The van der Waals surface area contributed by atoms with Crippen molar-refractivity contribution in [3.8, 4) is 5.75 Å². The predicted molar refractivity (Wildman–Crippen MR) is 95.3 cm³/mol. The minimum absolute atomic E-state index is 0.0934. The molecule has 122 valence electrons. The van der Waals surface area contributed by atoms with Crippen molar-refractivity contribution in [2.45, 2.75) is 39.2 Å². The average Bonchev–Trinajstić information content (AvgIpc) is 2.49. The molecule has 1 N–H and O–H groups in total. The van der Waals surface area contributed by atoms with E-state index in [2.05, 4.69) is 26.1 Å². The lowest BCUT2D eigenvalue weighted by atomic mass is 9.87. The van der Waals surface area contributed by atoms with Crippen LogP contribution in [0.2, 0.25) is 5.02 Å². The third-order valence-electron chi connectivity index (χ3n) is 3.51. The van der Waals surface area contributed by atoms with Crippen molar-refractivity contribution in [1.29, 1.82) is 0 Å². The maximum atomic E-state index is 12.2. The molecule has 0 aliphatic rings. The molecule has 0 unspecified atom stereocenters. The molecular weight excluding hydrogens is 310 g/mol. The number of anilines is 1. The molecule has 0 aliphatic carbocycles. The molecule has 4 heteroatoms. The first-order chi connectivity index (χ1) is 10.8. The van der Waals surface area contributed by atoms with Gasteiger partial charge in [0.2, 0.25) is 0 Å². The highest BCUT2D eigenvalue weighted by atomic mass is 35.5. The molecule has 2 aromatic carbocycles. The molecule has 2 rings (SSSR count). The van der Waals surface area contributed by atoms with Gasteiger partial charge in [-0.05, 0) is 54.3 Å². The van der Waals surface area contributed by atoms with Crippen LogP contribution in [0, 0.1) is 0 Å². The second kappa shape index (κ2) is 7.05. The molecule has 3 nitrogen and oxygen atoms in total. The van der Waals surface area contributed by atoms with Crippen LogP contribution < -0.4 is 10.1 Å². The van der Waals surface area contributed by atoms with Crippen molar-refractivity contribution in [1.82, 2.24) is 0 Å². The summed E-state index contributed by atoms with van der Waals surface area (Å²) in [6.45, 7) is 8.20. The summed E-state index contributed by atoms with van der Waals surface area (Å²) in [5, 5.41) is 3.43. The molecule has 0 saturated carbocycles. The molecule has 0 fully saturated rings. The Kier molecular flexibility index (Phi) is 5.32. The zero-order valence-corrected chi connectivity index (χ0v) is 14.6. The highest BCUT2D eigenvalue weighted by molar-refractivity contribution is 6.30. The highest BCUT2D eigenvalue weighted by Gasteiger charge is 2.16. The monoisotopic (exact) mass is 331 g/mol. The molecule has 0 aliphatic heterocycles. The Bertz CT molecular complexity index is 657. The van der Waals surface area contributed by atoms with Crippen LogP contribution in [-0.2, 0) is 10.2 Å². The number of amides is 1. The first-order valence-corrected chi connectivity index (χ1v) is 7.97. The van der Waals surface area contributed by atoms with E-state index in [-0.39, 0.29) is 11.3 Å². The van der Waals surface area contributed by atoms with E-state index in [9.17, 15) is 4.79 Å². The number of rotatable bonds is 4. The molecule has 0 radical (unpaired) electrons. The smallest absolute Gasteiger partial charge is 0.265 e. The number of benzene rings is 2. The second-order valence-corrected chi connectivity index (χ2v) is 6.97. The van der Waals surface area contributed by atoms with Crippen molar-refractivity contribution in [3.63, 3.8) is 0 Å². The van der Waals surface area contributed by atoms with E-state index < -0.39 is 6.10 Å². The number of nitrogens with one attached hydrogen (secondary N) is 1. The van der Waals surface area contributed by atoms with Crippen LogP contribution in [-0.4, -0.2) is 12.0 Å². The normalized spacial score (nSPS) is 12.6. The average molecular weight is 332 g/mol. The second-order valence-electron chi connectivity index (χ2n) is 6.53. The minimum Gasteiger partial charge on any atom is -0.481 e. The Labute approximate surface area is 142 Å². The summed E-state index contributed by atoms with van der Waals surface area (Å²) in [5.74, 6) is 0.476. The largest absolute Gasteiger partial charge is 0.481 e. The molecule has 1 atom stereocenters. The van der Waals surface area contributed by atoms with Crippen molar-refractivity contribution in [3.05, 3.63) is 59.1 Å². The molecule has 23 heavy (non-hydrogen) atoms. The van der Waals surface area contributed by atoms with Gasteiger partial charge in [-0.1, -0.05) is 44.5 Å². The van der Waals surface area contributed by atoms with Gasteiger partial charge in [-0.15, -0.1) is 0 Å². The van der Waals surface area contributed by atoms with Gasteiger partial charge >= 0.3 is 0 Å². The maximum absolute atomic E-state index is 12.2. The van der Waals surface area contributed by atoms with Gasteiger partial charge in [0.15, 0.2) is 6.10 Å². The van der Waals surface area contributed by atoms with E-state index in [0.717, 1.165) is 0 Å². The summed E-state index contributed by atoms with van der Waals surface area (Å²) in [6, 6.07) is 14.8. The summed E-state index contributed by atoms with van der Waals surface area (Å²) in [4.78, 5) is 12.2. The zero-order chi connectivity index (χ0) is 17.0. The van der Waals surface area contributed by atoms with Crippen LogP contribution in [0.1, 0.15) is 33.3 Å². The van der Waals surface area contributed by atoms with Crippen LogP contribution in [0.4, 0.5) is 5.69 Å². The Balaban J connectivity index is 1.96. The third kappa shape index (κ3) is 5.00. The van der Waals surface area contributed by atoms with Gasteiger partial charge in [-0.3, -0.25) is 4.79 Å². The van der Waals surface area contributed by atoms with Gasteiger partial charge in [0.25, 0.3) is 5.91 Å². The molecule has 0 aromatic heterocycles. The number of hydrogen-bond donors (Lipinski definition) is 1. The lowest BCUT2D eigenvalue weighted by Crippen LogP contribution is -2.30. The SMILES string of the molecule is C[C@@H](Oc1ccc(C(C)(C)C)cc1)C(=O)Nc1ccc(Cl)cc1. The van der Waals surface area contributed by atoms with E-state index in [1.54, 1.807) is 31.2 Å². The number of hydrogen-bond acceptors (Lipinski definition) is 2. The van der Waals surface area contributed by atoms with Gasteiger partial charge in [-0.25, -0.2) is 0 Å². The maximum Gasteiger partial charge on any atom is 0.265 e. The van der Waals surface area contributed by atoms with Crippen LogP contribution in [0.5, 0.6) is 5.75 Å². The van der Waals surface area contributed by atoms with E-state index in [4.69, 9.17) is 16.3 Å². The summed E-state index contributed by atoms with van der Waals surface area (Å²) in [7, 11) is 0. The topological polar surface area (TPSA) is 38.3 Å². The summed E-state index contributed by atoms with van der Waals surface area (Å²) in [6.07, 6.45) is -0.592.